The standard InChI is InChI=1S/C23H22N4O2S/c1-16-17(2)30-22-21(16)23(29)27(15-24-22)13-11-20(28)25-19-10-6-7-12-26(19)14-18-8-4-3-5-9-18/h3-10,12,15H,11,13-14H2,1-2H3. The van der Waals surface area contributed by atoms with Crippen LogP contribution in [0.3, 0.4) is 0 Å². The molecule has 0 aliphatic carbocycles. The molecule has 0 saturated heterocycles. The van der Waals surface area contributed by atoms with Gasteiger partial charge < -0.3 is 4.57 Å². The van der Waals surface area contributed by atoms with Crippen molar-refractivity contribution in [3.05, 3.63) is 92.9 Å². The molecule has 0 bridgehead atoms. The first-order valence-electron chi connectivity index (χ1n) is 9.75. The number of hydrogen-bond donors (Lipinski definition) is 0. The summed E-state index contributed by atoms with van der Waals surface area (Å²) in [7, 11) is 0. The lowest BCUT2D eigenvalue weighted by Crippen LogP contribution is -2.24. The van der Waals surface area contributed by atoms with E-state index in [1.165, 1.54) is 22.2 Å². The Balaban J connectivity index is 1.54. The summed E-state index contributed by atoms with van der Waals surface area (Å²) in [5.74, 6) is -0.270. The fourth-order valence-electron chi connectivity index (χ4n) is 3.31. The van der Waals surface area contributed by atoms with Gasteiger partial charge in [0.15, 0.2) is 0 Å². The van der Waals surface area contributed by atoms with Gasteiger partial charge in [-0.25, -0.2) is 4.98 Å². The fourth-order valence-corrected chi connectivity index (χ4v) is 4.30. The smallest absolute Gasteiger partial charge is 0.262 e. The van der Waals surface area contributed by atoms with E-state index in [1.54, 1.807) is 0 Å². The maximum absolute atomic E-state index is 12.8. The predicted molar refractivity (Wildman–Crippen MR) is 119 cm³/mol. The van der Waals surface area contributed by atoms with E-state index in [0.717, 1.165) is 20.8 Å². The molecule has 1 aromatic carbocycles. The fraction of sp³-hybridized carbons (Fsp3) is 0.217. The molecule has 152 valence electrons. The number of thiophene rings is 1. The van der Waals surface area contributed by atoms with Gasteiger partial charge in [0.05, 0.1) is 11.7 Å². The highest BCUT2D eigenvalue weighted by molar-refractivity contribution is 7.18. The Labute approximate surface area is 177 Å². The van der Waals surface area contributed by atoms with Crippen molar-refractivity contribution in [3.8, 4) is 0 Å². The molecule has 1 amide bonds. The summed E-state index contributed by atoms with van der Waals surface area (Å²) in [6.45, 7) is 4.80. The number of pyridine rings is 1. The van der Waals surface area contributed by atoms with Crippen molar-refractivity contribution in [1.29, 1.82) is 0 Å². The Kier molecular flexibility index (Phi) is 5.72. The number of rotatable bonds is 5. The first kappa shape index (κ1) is 20.0. The van der Waals surface area contributed by atoms with E-state index in [-0.39, 0.29) is 24.4 Å². The van der Waals surface area contributed by atoms with E-state index in [9.17, 15) is 9.59 Å². The first-order chi connectivity index (χ1) is 14.5. The van der Waals surface area contributed by atoms with Gasteiger partial charge in [-0.1, -0.05) is 36.4 Å². The van der Waals surface area contributed by atoms with Crippen molar-refractivity contribution in [3.63, 3.8) is 0 Å². The molecular formula is C23H22N4O2S. The maximum atomic E-state index is 12.8. The van der Waals surface area contributed by atoms with Crippen LogP contribution in [0.25, 0.3) is 10.2 Å². The van der Waals surface area contributed by atoms with Crippen LogP contribution in [0.5, 0.6) is 0 Å². The van der Waals surface area contributed by atoms with Gasteiger partial charge in [0, 0.05) is 30.6 Å². The minimum atomic E-state index is -0.270. The van der Waals surface area contributed by atoms with E-state index in [1.807, 2.05) is 73.1 Å². The van der Waals surface area contributed by atoms with Gasteiger partial charge in [-0.15, -0.1) is 11.3 Å². The van der Waals surface area contributed by atoms with Crippen molar-refractivity contribution in [1.82, 2.24) is 14.1 Å². The number of carbonyl (C=O) groups excluding carboxylic acids is 1. The quantitative estimate of drug-likeness (QED) is 0.499. The van der Waals surface area contributed by atoms with Gasteiger partial charge in [0.1, 0.15) is 10.3 Å². The van der Waals surface area contributed by atoms with Crippen LogP contribution in [0.1, 0.15) is 22.4 Å². The van der Waals surface area contributed by atoms with Crippen LogP contribution in [0.4, 0.5) is 0 Å². The normalized spacial score (nSPS) is 11.9. The zero-order valence-corrected chi connectivity index (χ0v) is 17.7. The Morgan fingerprint density at radius 1 is 1.07 bits per heavy atom. The molecule has 3 heterocycles. The highest BCUT2D eigenvalue weighted by atomic mass is 32.1. The lowest BCUT2D eigenvalue weighted by molar-refractivity contribution is -0.118. The second kappa shape index (κ2) is 8.59. The Morgan fingerprint density at radius 2 is 1.83 bits per heavy atom. The van der Waals surface area contributed by atoms with E-state index in [4.69, 9.17) is 0 Å². The Bertz CT molecular complexity index is 1330. The molecule has 4 aromatic rings. The van der Waals surface area contributed by atoms with Gasteiger partial charge in [-0.2, -0.15) is 4.99 Å². The van der Waals surface area contributed by atoms with Crippen molar-refractivity contribution in [2.24, 2.45) is 4.99 Å². The number of amides is 1. The molecule has 0 unspecified atom stereocenters. The van der Waals surface area contributed by atoms with Crippen LogP contribution in [0.15, 0.2) is 70.8 Å². The monoisotopic (exact) mass is 418 g/mol. The highest BCUT2D eigenvalue weighted by Crippen LogP contribution is 2.25. The van der Waals surface area contributed by atoms with Gasteiger partial charge in [0.25, 0.3) is 5.56 Å². The molecule has 0 aliphatic heterocycles. The summed E-state index contributed by atoms with van der Waals surface area (Å²) in [6, 6.07) is 15.6. The van der Waals surface area contributed by atoms with Crippen molar-refractivity contribution in [2.45, 2.75) is 33.4 Å². The third kappa shape index (κ3) is 4.16. The molecule has 7 heteroatoms. The van der Waals surface area contributed by atoms with Gasteiger partial charge >= 0.3 is 0 Å². The van der Waals surface area contributed by atoms with Crippen LogP contribution < -0.4 is 11.0 Å². The highest BCUT2D eigenvalue weighted by Gasteiger charge is 2.12. The van der Waals surface area contributed by atoms with E-state index in [0.29, 0.717) is 17.4 Å². The summed E-state index contributed by atoms with van der Waals surface area (Å²) >= 11 is 1.52. The SMILES string of the molecule is Cc1sc2ncn(CCC(=O)N=c3ccccn3Cc3ccccc3)c(=O)c2c1C. The summed E-state index contributed by atoms with van der Waals surface area (Å²) in [4.78, 5) is 35.8. The number of carbonyl (C=O) groups is 1. The van der Waals surface area contributed by atoms with E-state index >= 15 is 0 Å². The molecule has 30 heavy (non-hydrogen) atoms. The molecule has 0 N–H and O–H groups in total. The lowest BCUT2D eigenvalue weighted by Gasteiger charge is -2.07. The third-order valence-corrected chi connectivity index (χ3v) is 6.19. The summed E-state index contributed by atoms with van der Waals surface area (Å²) < 4.78 is 3.43. The van der Waals surface area contributed by atoms with Gasteiger partial charge in [-0.3, -0.25) is 14.2 Å². The van der Waals surface area contributed by atoms with Crippen molar-refractivity contribution in [2.75, 3.05) is 0 Å². The first-order valence-corrected chi connectivity index (χ1v) is 10.6. The summed E-state index contributed by atoms with van der Waals surface area (Å²) in [6.07, 6.45) is 3.56. The van der Waals surface area contributed by atoms with Gasteiger partial charge in [0.2, 0.25) is 5.91 Å². The molecule has 3 aromatic heterocycles. The second-order valence-electron chi connectivity index (χ2n) is 7.13. The number of aromatic nitrogens is 3. The minimum absolute atomic E-state index is 0.103. The number of fused-ring (bicyclic) bond motifs is 1. The van der Waals surface area contributed by atoms with Gasteiger partial charge in [-0.05, 0) is 37.1 Å². The average molecular weight is 419 g/mol. The van der Waals surface area contributed by atoms with E-state index < -0.39 is 0 Å². The Hall–Kier alpha value is -3.32. The molecule has 0 fully saturated rings. The average Bonchev–Trinajstić information content (AvgIpc) is 3.04. The number of benzene rings is 1. The molecule has 0 atom stereocenters. The topological polar surface area (TPSA) is 69.2 Å². The molecule has 6 nitrogen and oxygen atoms in total. The largest absolute Gasteiger partial charge is 0.329 e. The van der Waals surface area contributed by atoms with Crippen LogP contribution >= 0.6 is 11.3 Å². The number of nitrogens with zero attached hydrogens (tertiary/aromatic N) is 4. The summed E-state index contributed by atoms with van der Waals surface area (Å²) in [5, 5.41) is 0.646. The molecule has 0 saturated carbocycles. The van der Waals surface area contributed by atoms with Crippen LogP contribution in [-0.2, 0) is 17.9 Å². The number of hydrogen-bond acceptors (Lipinski definition) is 4. The van der Waals surface area contributed by atoms with Crippen LogP contribution in [0.2, 0.25) is 0 Å². The van der Waals surface area contributed by atoms with E-state index in [2.05, 4.69) is 9.98 Å². The lowest BCUT2D eigenvalue weighted by atomic mass is 10.2. The van der Waals surface area contributed by atoms with Crippen LogP contribution in [0, 0.1) is 13.8 Å². The second-order valence-corrected chi connectivity index (χ2v) is 8.34. The molecule has 0 radical (unpaired) electrons. The van der Waals surface area contributed by atoms with Crippen molar-refractivity contribution >= 4 is 27.5 Å². The zero-order chi connectivity index (χ0) is 21.1. The molecule has 0 aliphatic rings. The molecular weight excluding hydrogens is 396 g/mol. The zero-order valence-electron chi connectivity index (χ0n) is 16.9. The molecule has 4 rings (SSSR count). The summed E-state index contributed by atoms with van der Waals surface area (Å²) in [5.41, 5.74) is 2.58. The van der Waals surface area contributed by atoms with Crippen LogP contribution in [-0.4, -0.2) is 20.0 Å². The Morgan fingerprint density at radius 3 is 2.63 bits per heavy atom. The molecule has 0 spiro atoms. The maximum Gasteiger partial charge on any atom is 0.262 e. The third-order valence-electron chi connectivity index (χ3n) is 5.07. The van der Waals surface area contributed by atoms with Crippen molar-refractivity contribution < 1.29 is 4.79 Å². The predicted octanol–water partition coefficient (Wildman–Crippen LogP) is 3.44. The number of aryl methyl sites for hydroxylation is 3. The minimum Gasteiger partial charge on any atom is -0.329 e.